The summed E-state index contributed by atoms with van der Waals surface area (Å²) in [5, 5.41) is 13.5. The van der Waals surface area contributed by atoms with Crippen LogP contribution in [0.25, 0.3) is 0 Å². The lowest BCUT2D eigenvalue weighted by Crippen LogP contribution is -2.25. The van der Waals surface area contributed by atoms with Crippen molar-refractivity contribution in [3.8, 4) is 11.5 Å². The Bertz CT molecular complexity index is 772. The molecular formula is C19H20N2O5. The maximum atomic E-state index is 12.0. The molecule has 1 aliphatic carbocycles. The Morgan fingerprint density at radius 2 is 1.77 bits per heavy atom. The number of benzene rings is 2. The minimum Gasteiger partial charge on any atom is -0.493 e. The molecule has 1 N–H and O–H groups in total. The highest BCUT2D eigenvalue weighted by Gasteiger charge is 2.23. The number of carbonyl (C=O) groups excluding carboxylic acids is 1. The standard InChI is InChI=1S/C19H20N2O5/c22-19(20-15-5-6-15)14-3-1-4-18(13-14)26-12-2-11-25-17-9-7-16(8-10-17)21(23)24/h1,3-4,7-10,13,15H,2,5-6,11-12H2,(H,20,22). The average molecular weight is 356 g/mol. The molecule has 0 heterocycles. The van der Waals surface area contributed by atoms with Crippen LogP contribution in [0.1, 0.15) is 29.6 Å². The van der Waals surface area contributed by atoms with Crippen molar-refractivity contribution in [1.29, 1.82) is 0 Å². The van der Waals surface area contributed by atoms with Crippen molar-refractivity contribution >= 4 is 11.6 Å². The van der Waals surface area contributed by atoms with E-state index in [-0.39, 0.29) is 11.6 Å². The molecule has 0 unspecified atom stereocenters. The Morgan fingerprint density at radius 1 is 1.08 bits per heavy atom. The SMILES string of the molecule is O=C(NC1CC1)c1cccc(OCCCOc2ccc([N+](=O)[O-])cc2)c1. The largest absolute Gasteiger partial charge is 0.493 e. The third-order valence-corrected chi connectivity index (χ3v) is 3.88. The van der Waals surface area contributed by atoms with E-state index in [0.29, 0.717) is 42.7 Å². The van der Waals surface area contributed by atoms with Crippen LogP contribution in [-0.4, -0.2) is 30.1 Å². The van der Waals surface area contributed by atoms with E-state index < -0.39 is 4.92 Å². The number of nitrogens with zero attached hydrogens (tertiary/aromatic N) is 1. The van der Waals surface area contributed by atoms with Crippen LogP contribution in [0.4, 0.5) is 5.69 Å². The molecule has 1 aliphatic rings. The molecule has 7 heteroatoms. The van der Waals surface area contributed by atoms with E-state index in [1.165, 1.54) is 12.1 Å². The zero-order chi connectivity index (χ0) is 18.4. The van der Waals surface area contributed by atoms with Crippen LogP contribution in [-0.2, 0) is 0 Å². The first kappa shape index (κ1) is 17.7. The zero-order valence-electron chi connectivity index (χ0n) is 14.2. The number of hydrogen-bond donors (Lipinski definition) is 1. The summed E-state index contributed by atoms with van der Waals surface area (Å²) >= 11 is 0. The Morgan fingerprint density at radius 3 is 2.42 bits per heavy atom. The summed E-state index contributed by atoms with van der Waals surface area (Å²) in [7, 11) is 0. The molecule has 1 fully saturated rings. The molecule has 0 saturated heterocycles. The third-order valence-electron chi connectivity index (χ3n) is 3.88. The van der Waals surface area contributed by atoms with Crippen molar-refractivity contribution in [3.63, 3.8) is 0 Å². The molecule has 2 aromatic carbocycles. The zero-order valence-corrected chi connectivity index (χ0v) is 14.2. The Balaban J connectivity index is 1.39. The van der Waals surface area contributed by atoms with Gasteiger partial charge in [0.1, 0.15) is 11.5 Å². The first-order valence-corrected chi connectivity index (χ1v) is 8.53. The van der Waals surface area contributed by atoms with Gasteiger partial charge in [0, 0.05) is 30.2 Å². The molecule has 0 bridgehead atoms. The molecule has 0 radical (unpaired) electrons. The Kier molecular flexibility index (Phi) is 5.68. The normalized spacial score (nSPS) is 13.1. The van der Waals surface area contributed by atoms with Crippen LogP contribution in [0.15, 0.2) is 48.5 Å². The van der Waals surface area contributed by atoms with Crippen molar-refractivity contribution < 1.29 is 19.2 Å². The van der Waals surface area contributed by atoms with Crippen LogP contribution in [0.3, 0.4) is 0 Å². The maximum absolute atomic E-state index is 12.0. The van der Waals surface area contributed by atoms with Crippen LogP contribution in [0, 0.1) is 10.1 Å². The molecule has 7 nitrogen and oxygen atoms in total. The molecule has 2 aromatic rings. The lowest BCUT2D eigenvalue weighted by molar-refractivity contribution is -0.384. The first-order valence-electron chi connectivity index (χ1n) is 8.53. The first-order chi connectivity index (χ1) is 12.6. The number of ether oxygens (including phenoxy) is 2. The fourth-order valence-electron chi connectivity index (χ4n) is 2.33. The number of hydrogen-bond acceptors (Lipinski definition) is 5. The number of rotatable bonds is 9. The minimum absolute atomic E-state index is 0.0336. The lowest BCUT2D eigenvalue weighted by atomic mass is 10.2. The van der Waals surface area contributed by atoms with Crippen molar-refractivity contribution in [2.24, 2.45) is 0 Å². The number of nitrogens with one attached hydrogen (secondary N) is 1. The molecule has 26 heavy (non-hydrogen) atoms. The summed E-state index contributed by atoms with van der Waals surface area (Å²) in [4.78, 5) is 22.2. The van der Waals surface area contributed by atoms with Crippen molar-refractivity contribution in [2.75, 3.05) is 13.2 Å². The van der Waals surface area contributed by atoms with Crippen LogP contribution < -0.4 is 14.8 Å². The fourth-order valence-corrected chi connectivity index (χ4v) is 2.33. The second-order valence-electron chi connectivity index (χ2n) is 6.08. The molecule has 0 spiro atoms. The van der Waals surface area contributed by atoms with E-state index in [1.54, 1.807) is 30.3 Å². The summed E-state index contributed by atoms with van der Waals surface area (Å²) in [6, 6.07) is 13.4. The van der Waals surface area contributed by atoms with Gasteiger partial charge < -0.3 is 14.8 Å². The number of carbonyl (C=O) groups is 1. The molecule has 3 rings (SSSR count). The highest BCUT2D eigenvalue weighted by atomic mass is 16.6. The molecule has 0 atom stereocenters. The van der Waals surface area contributed by atoms with Crippen LogP contribution in [0.2, 0.25) is 0 Å². The van der Waals surface area contributed by atoms with E-state index in [9.17, 15) is 14.9 Å². The Labute approximate surface area is 151 Å². The minimum atomic E-state index is -0.448. The predicted molar refractivity (Wildman–Crippen MR) is 95.6 cm³/mol. The second-order valence-corrected chi connectivity index (χ2v) is 6.08. The smallest absolute Gasteiger partial charge is 0.269 e. The van der Waals surface area contributed by atoms with E-state index in [1.807, 2.05) is 6.07 Å². The maximum Gasteiger partial charge on any atom is 0.269 e. The topological polar surface area (TPSA) is 90.7 Å². The van der Waals surface area contributed by atoms with Gasteiger partial charge in [0.05, 0.1) is 18.1 Å². The van der Waals surface area contributed by atoms with Gasteiger partial charge in [-0.05, 0) is 43.2 Å². The van der Waals surface area contributed by atoms with E-state index >= 15 is 0 Å². The van der Waals surface area contributed by atoms with Gasteiger partial charge in [-0.25, -0.2) is 0 Å². The van der Waals surface area contributed by atoms with Crippen LogP contribution >= 0.6 is 0 Å². The second kappa shape index (κ2) is 8.33. The van der Waals surface area contributed by atoms with Crippen molar-refractivity contribution in [1.82, 2.24) is 5.32 Å². The van der Waals surface area contributed by atoms with Gasteiger partial charge in [0.25, 0.3) is 11.6 Å². The van der Waals surface area contributed by atoms with Gasteiger partial charge in [0.2, 0.25) is 0 Å². The molecular weight excluding hydrogens is 336 g/mol. The van der Waals surface area contributed by atoms with Crippen molar-refractivity contribution in [3.05, 3.63) is 64.2 Å². The number of non-ortho nitro benzene ring substituents is 1. The van der Waals surface area contributed by atoms with Gasteiger partial charge in [-0.1, -0.05) is 6.07 Å². The molecule has 0 aromatic heterocycles. The van der Waals surface area contributed by atoms with Crippen molar-refractivity contribution in [2.45, 2.75) is 25.3 Å². The summed E-state index contributed by atoms with van der Waals surface area (Å²) in [6.07, 6.45) is 2.75. The average Bonchev–Trinajstić information content (AvgIpc) is 3.46. The molecule has 1 saturated carbocycles. The highest BCUT2D eigenvalue weighted by molar-refractivity contribution is 5.94. The predicted octanol–water partition coefficient (Wildman–Crippen LogP) is 3.33. The number of amides is 1. The van der Waals surface area contributed by atoms with E-state index in [4.69, 9.17) is 9.47 Å². The summed E-state index contributed by atoms with van der Waals surface area (Å²) in [6.45, 7) is 0.875. The van der Waals surface area contributed by atoms with Gasteiger partial charge in [0.15, 0.2) is 0 Å². The third kappa shape index (κ3) is 5.20. The summed E-state index contributed by atoms with van der Waals surface area (Å²) < 4.78 is 11.2. The monoisotopic (exact) mass is 356 g/mol. The molecule has 136 valence electrons. The van der Waals surface area contributed by atoms with Gasteiger partial charge in [-0.2, -0.15) is 0 Å². The molecule has 1 amide bonds. The van der Waals surface area contributed by atoms with Crippen LogP contribution in [0.5, 0.6) is 11.5 Å². The number of nitro benzene ring substituents is 1. The summed E-state index contributed by atoms with van der Waals surface area (Å²) in [5.41, 5.74) is 0.628. The number of nitro groups is 1. The lowest BCUT2D eigenvalue weighted by Gasteiger charge is -2.09. The van der Waals surface area contributed by atoms with Gasteiger partial charge >= 0.3 is 0 Å². The van der Waals surface area contributed by atoms with Gasteiger partial charge in [-0.15, -0.1) is 0 Å². The molecule has 0 aliphatic heterocycles. The quantitative estimate of drug-likeness (QED) is 0.423. The van der Waals surface area contributed by atoms with E-state index in [0.717, 1.165) is 12.8 Å². The highest BCUT2D eigenvalue weighted by Crippen LogP contribution is 2.21. The fraction of sp³-hybridized carbons (Fsp3) is 0.316. The summed E-state index contributed by atoms with van der Waals surface area (Å²) in [5.74, 6) is 1.15. The van der Waals surface area contributed by atoms with Gasteiger partial charge in [-0.3, -0.25) is 14.9 Å². The van der Waals surface area contributed by atoms with E-state index in [2.05, 4.69) is 5.32 Å². The Hall–Kier alpha value is -3.09.